The van der Waals surface area contributed by atoms with Gasteiger partial charge < -0.3 is 10.9 Å². The van der Waals surface area contributed by atoms with Gasteiger partial charge in [0.15, 0.2) is 5.84 Å². The molecule has 102 valence electrons. The van der Waals surface area contributed by atoms with E-state index in [4.69, 9.17) is 16.1 Å². The average molecular weight is 270 g/mol. The van der Waals surface area contributed by atoms with E-state index >= 15 is 0 Å². The molecule has 2 aromatic rings. The zero-order chi connectivity index (χ0) is 14.4. The second-order valence-electron chi connectivity index (χ2n) is 4.02. The van der Waals surface area contributed by atoms with Crippen LogP contribution < -0.4 is 11.2 Å². The van der Waals surface area contributed by atoms with Crippen LogP contribution in [0.1, 0.15) is 0 Å². The van der Waals surface area contributed by atoms with Gasteiger partial charge in [-0.3, -0.25) is 10.7 Å². The Morgan fingerprint density at radius 3 is 2.05 bits per heavy atom. The number of hydrogen-bond acceptors (Lipinski definition) is 5. The van der Waals surface area contributed by atoms with Gasteiger partial charge in [0.05, 0.1) is 5.69 Å². The third-order valence-corrected chi connectivity index (χ3v) is 2.66. The number of aliphatic imine (C=N–C) groups is 1. The fourth-order valence-electron chi connectivity index (χ4n) is 1.68. The van der Waals surface area contributed by atoms with Crippen LogP contribution in [0.3, 0.4) is 0 Å². The lowest BCUT2D eigenvalue weighted by molar-refractivity contribution is 0.236. The van der Waals surface area contributed by atoms with E-state index in [9.17, 15) is 0 Å². The maximum absolute atomic E-state index is 8.78. The number of rotatable bonds is 3. The first-order valence-corrected chi connectivity index (χ1v) is 5.85. The summed E-state index contributed by atoms with van der Waals surface area (Å²) in [6.45, 7) is 0. The third kappa shape index (κ3) is 3.33. The Labute approximate surface area is 115 Å². The van der Waals surface area contributed by atoms with Crippen molar-refractivity contribution in [3.63, 3.8) is 0 Å². The van der Waals surface area contributed by atoms with Gasteiger partial charge in [0.1, 0.15) is 6.21 Å². The van der Waals surface area contributed by atoms with Gasteiger partial charge in [-0.1, -0.05) is 29.4 Å². The van der Waals surface area contributed by atoms with Crippen molar-refractivity contribution in [3.8, 4) is 11.1 Å². The molecule has 0 amide bonds. The Hall–Kier alpha value is -2.86. The van der Waals surface area contributed by atoms with Crippen molar-refractivity contribution >= 4 is 23.4 Å². The van der Waals surface area contributed by atoms with Crippen molar-refractivity contribution in [2.45, 2.75) is 0 Å². The van der Waals surface area contributed by atoms with E-state index in [1.807, 2.05) is 41.9 Å². The highest BCUT2D eigenvalue weighted by molar-refractivity contribution is 6.29. The van der Waals surface area contributed by atoms with Gasteiger partial charge in [-0.25, -0.2) is 4.99 Å². The molecule has 5 N–H and O–H groups in total. The second-order valence-corrected chi connectivity index (χ2v) is 4.02. The molecule has 0 spiro atoms. The molecular weight excluding hydrogens is 256 g/mol. The number of nitrogens with two attached hydrogens (primary N) is 1. The molecule has 0 aliphatic rings. The number of oxime groups is 1. The zero-order valence-electron chi connectivity index (χ0n) is 10.6. The minimum absolute atomic E-state index is 0.0349. The molecule has 2 aromatic carbocycles. The fourth-order valence-corrected chi connectivity index (χ4v) is 1.68. The van der Waals surface area contributed by atoms with E-state index < -0.39 is 0 Å². The second kappa shape index (κ2) is 6.35. The number of benzene rings is 2. The van der Waals surface area contributed by atoms with Gasteiger partial charge in [-0.15, -0.1) is 0 Å². The summed E-state index contributed by atoms with van der Waals surface area (Å²) < 4.78 is 0. The Kier molecular flexibility index (Phi) is 4.31. The first kappa shape index (κ1) is 13.6. The van der Waals surface area contributed by atoms with Crippen molar-refractivity contribution in [3.05, 3.63) is 48.5 Å². The van der Waals surface area contributed by atoms with E-state index in [-0.39, 0.29) is 5.84 Å². The van der Waals surface area contributed by atoms with Crippen LogP contribution in [0, 0.1) is 0 Å². The fraction of sp³-hybridized carbons (Fsp3) is 0. The molecule has 0 saturated carbocycles. The lowest BCUT2D eigenvalue weighted by Crippen LogP contribution is -2.19. The summed E-state index contributed by atoms with van der Waals surface area (Å²) in [7, 11) is 0. The number of amidine groups is 1. The first-order chi connectivity index (χ1) is 9.72. The number of anilines is 1. The minimum Gasteiger partial charge on any atom is -0.411 e. The lowest BCUT2D eigenvalue weighted by atomic mass is 10.1. The van der Waals surface area contributed by atoms with E-state index in [1.165, 1.54) is 0 Å². The summed E-state index contributed by atoms with van der Waals surface area (Å²) in [5.74, 6) is 0.0349. The molecule has 6 nitrogen and oxygen atoms in total. The highest BCUT2D eigenvalue weighted by atomic mass is 16.5. The molecule has 0 unspecified atom stereocenters. The summed E-state index contributed by atoms with van der Waals surface area (Å²) >= 11 is 0. The van der Waals surface area contributed by atoms with Crippen LogP contribution in [-0.4, -0.2) is 22.5 Å². The number of hydroxylamine groups is 1. The largest absolute Gasteiger partial charge is 0.411 e. The summed E-state index contributed by atoms with van der Waals surface area (Å²) in [4.78, 5) is 4.04. The molecule has 20 heavy (non-hydrogen) atoms. The van der Waals surface area contributed by atoms with Crippen LogP contribution in [0.15, 0.2) is 58.7 Å². The number of nitrogen functional groups attached to an aromatic ring is 1. The molecule has 0 saturated heterocycles. The predicted molar refractivity (Wildman–Crippen MR) is 78.6 cm³/mol. The molecule has 2 rings (SSSR count). The normalized spacial score (nSPS) is 11.8. The standard InChI is InChI=1S/C14H14N4O2/c15-12-5-1-10(2-6-12)11-3-7-13(8-4-11)17-14(18-20)9-16-19/h1-9,19-20H,15H2,(H,17,18). The van der Waals surface area contributed by atoms with Crippen LogP contribution >= 0.6 is 0 Å². The summed E-state index contributed by atoms with van der Waals surface area (Å²) in [6, 6.07) is 14.9. The molecule has 0 bridgehead atoms. The number of nitrogens with zero attached hydrogens (tertiary/aromatic N) is 2. The smallest absolute Gasteiger partial charge is 0.172 e. The SMILES string of the molecule is Nc1ccc(-c2ccc(N=C(C=NO)NO)cc2)cc1. The van der Waals surface area contributed by atoms with Crippen LogP contribution in [0.25, 0.3) is 11.1 Å². The van der Waals surface area contributed by atoms with Crippen LogP contribution in [0.5, 0.6) is 0 Å². The van der Waals surface area contributed by atoms with Gasteiger partial charge in [-0.2, -0.15) is 0 Å². The van der Waals surface area contributed by atoms with Crippen molar-refractivity contribution in [1.82, 2.24) is 5.48 Å². The highest BCUT2D eigenvalue weighted by Gasteiger charge is 1.99. The molecule has 0 atom stereocenters. The Balaban J connectivity index is 2.24. The summed E-state index contributed by atoms with van der Waals surface area (Å²) in [6.07, 6.45) is 0.994. The Morgan fingerprint density at radius 1 is 1.00 bits per heavy atom. The van der Waals surface area contributed by atoms with Gasteiger partial charge in [-0.05, 0) is 35.4 Å². The van der Waals surface area contributed by atoms with E-state index in [0.717, 1.165) is 23.0 Å². The summed E-state index contributed by atoms with van der Waals surface area (Å²) in [5.41, 5.74) is 10.9. The average Bonchev–Trinajstić information content (AvgIpc) is 2.48. The quantitative estimate of drug-likeness (QED) is 0.226. The molecule has 6 heteroatoms. The van der Waals surface area contributed by atoms with Crippen molar-refractivity contribution < 1.29 is 10.4 Å². The summed E-state index contributed by atoms with van der Waals surface area (Å²) in [5, 5.41) is 20.0. The predicted octanol–water partition coefficient (Wildman–Crippen LogP) is 2.40. The number of hydrogen-bond donors (Lipinski definition) is 4. The van der Waals surface area contributed by atoms with Gasteiger partial charge >= 0.3 is 0 Å². The topological polar surface area (TPSA) is 103 Å². The van der Waals surface area contributed by atoms with Crippen molar-refractivity contribution in [2.75, 3.05) is 5.73 Å². The maximum Gasteiger partial charge on any atom is 0.172 e. The molecule has 0 heterocycles. The van der Waals surface area contributed by atoms with Crippen LogP contribution in [-0.2, 0) is 0 Å². The molecule has 0 aromatic heterocycles. The van der Waals surface area contributed by atoms with Crippen molar-refractivity contribution in [1.29, 1.82) is 0 Å². The van der Waals surface area contributed by atoms with Crippen LogP contribution in [0.4, 0.5) is 11.4 Å². The molecular formula is C14H14N4O2. The molecule has 0 fully saturated rings. The van der Waals surface area contributed by atoms with E-state index in [0.29, 0.717) is 5.69 Å². The van der Waals surface area contributed by atoms with Crippen LogP contribution in [0.2, 0.25) is 0 Å². The molecule has 0 radical (unpaired) electrons. The highest BCUT2D eigenvalue weighted by Crippen LogP contribution is 2.23. The van der Waals surface area contributed by atoms with Gasteiger partial charge in [0.25, 0.3) is 0 Å². The van der Waals surface area contributed by atoms with E-state index in [2.05, 4.69) is 10.1 Å². The van der Waals surface area contributed by atoms with Gasteiger partial charge in [0.2, 0.25) is 0 Å². The first-order valence-electron chi connectivity index (χ1n) is 5.85. The van der Waals surface area contributed by atoms with Gasteiger partial charge in [0, 0.05) is 5.69 Å². The van der Waals surface area contributed by atoms with E-state index in [1.54, 1.807) is 12.1 Å². The lowest BCUT2D eigenvalue weighted by Gasteiger charge is -2.03. The Morgan fingerprint density at radius 2 is 1.55 bits per heavy atom. The van der Waals surface area contributed by atoms with Crippen molar-refractivity contribution in [2.24, 2.45) is 10.1 Å². The maximum atomic E-state index is 8.78. The third-order valence-electron chi connectivity index (χ3n) is 2.66. The molecule has 0 aliphatic carbocycles. The zero-order valence-corrected chi connectivity index (χ0v) is 10.6. The monoisotopic (exact) mass is 270 g/mol. The Bertz CT molecular complexity index is 619. The number of nitrogens with one attached hydrogen (secondary N) is 1. The minimum atomic E-state index is 0.0349. The molecule has 0 aliphatic heterocycles.